The summed E-state index contributed by atoms with van der Waals surface area (Å²) in [7, 11) is 0. The first-order valence-corrected chi connectivity index (χ1v) is 8.27. The van der Waals surface area contributed by atoms with Crippen molar-refractivity contribution >= 4 is 5.91 Å². The Labute approximate surface area is 138 Å². The van der Waals surface area contributed by atoms with E-state index in [2.05, 4.69) is 5.32 Å². The van der Waals surface area contributed by atoms with Gasteiger partial charge in [0.05, 0.1) is 13.2 Å². The first-order valence-electron chi connectivity index (χ1n) is 8.27. The van der Waals surface area contributed by atoms with Gasteiger partial charge in [0.25, 0.3) is 5.91 Å². The molecule has 1 amide bonds. The molecule has 1 atom stereocenters. The van der Waals surface area contributed by atoms with Gasteiger partial charge in [-0.15, -0.1) is 0 Å². The normalized spacial score (nSPS) is 17.2. The average Bonchev–Trinajstić information content (AvgIpc) is 3.03. The number of aryl methyl sites for hydroxylation is 2. The maximum atomic E-state index is 11.7. The van der Waals surface area contributed by atoms with Gasteiger partial charge in [0.1, 0.15) is 5.75 Å². The van der Waals surface area contributed by atoms with Crippen LogP contribution in [0, 0.1) is 19.8 Å². The van der Waals surface area contributed by atoms with Crippen LogP contribution in [0.15, 0.2) is 18.2 Å². The summed E-state index contributed by atoms with van der Waals surface area (Å²) in [4.78, 5) is 11.7. The lowest BCUT2D eigenvalue weighted by Gasteiger charge is -2.11. The quantitative estimate of drug-likeness (QED) is 0.709. The highest BCUT2D eigenvalue weighted by atomic mass is 16.5. The van der Waals surface area contributed by atoms with Crippen LogP contribution in [0.3, 0.4) is 0 Å². The number of benzene rings is 1. The van der Waals surface area contributed by atoms with Crippen molar-refractivity contribution in [2.75, 3.05) is 39.6 Å². The SMILES string of the molecule is Cc1ccc(OCC(=O)NCCCOC[C@@H]2CCOC2)c(C)c1. The molecule has 23 heavy (non-hydrogen) atoms. The Bertz CT molecular complexity index is 498. The molecule has 0 radical (unpaired) electrons. The van der Waals surface area contributed by atoms with Gasteiger partial charge < -0.3 is 19.5 Å². The van der Waals surface area contributed by atoms with Crippen LogP contribution in [-0.2, 0) is 14.3 Å². The van der Waals surface area contributed by atoms with Crippen molar-refractivity contribution < 1.29 is 19.0 Å². The molecular formula is C18H27NO4. The zero-order valence-electron chi connectivity index (χ0n) is 14.1. The van der Waals surface area contributed by atoms with E-state index in [1.807, 2.05) is 32.0 Å². The Hall–Kier alpha value is -1.59. The molecule has 1 aliphatic heterocycles. The molecule has 128 valence electrons. The Kier molecular flexibility index (Phi) is 7.36. The predicted octanol–water partition coefficient (Wildman–Crippen LogP) is 2.24. The Morgan fingerprint density at radius 3 is 3.00 bits per heavy atom. The molecule has 5 heteroatoms. The van der Waals surface area contributed by atoms with Gasteiger partial charge in [-0.2, -0.15) is 0 Å². The fourth-order valence-electron chi connectivity index (χ4n) is 2.52. The van der Waals surface area contributed by atoms with Crippen LogP contribution in [0.4, 0.5) is 0 Å². The van der Waals surface area contributed by atoms with E-state index >= 15 is 0 Å². The van der Waals surface area contributed by atoms with Gasteiger partial charge in [-0.05, 0) is 38.3 Å². The Morgan fingerprint density at radius 1 is 1.39 bits per heavy atom. The number of carbonyl (C=O) groups is 1. The van der Waals surface area contributed by atoms with Crippen molar-refractivity contribution in [1.82, 2.24) is 5.32 Å². The molecule has 0 saturated carbocycles. The third kappa shape index (κ3) is 6.59. The van der Waals surface area contributed by atoms with Gasteiger partial charge in [0, 0.05) is 25.7 Å². The molecular weight excluding hydrogens is 294 g/mol. The van der Waals surface area contributed by atoms with Crippen molar-refractivity contribution in [3.05, 3.63) is 29.3 Å². The van der Waals surface area contributed by atoms with E-state index in [1.54, 1.807) is 0 Å². The van der Waals surface area contributed by atoms with E-state index in [1.165, 1.54) is 5.56 Å². The number of hydrogen-bond acceptors (Lipinski definition) is 4. The smallest absolute Gasteiger partial charge is 0.257 e. The van der Waals surface area contributed by atoms with E-state index < -0.39 is 0 Å². The molecule has 1 aromatic carbocycles. The summed E-state index contributed by atoms with van der Waals surface area (Å²) < 4.78 is 16.4. The minimum Gasteiger partial charge on any atom is -0.484 e. The molecule has 0 spiro atoms. The lowest BCUT2D eigenvalue weighted by Crippen LogP contribution is -2.30. The van der Waals surface area contributed by atoms with E-state index in [0.29, 0.717) is 19.1 Å². The minimum atomic E-state index is -0.103. The number of nitrogens with one attached hydrogen (secondary N) is 1. The van der Waals surface area contributed by atoms with Crippen LogP contribution in [0.2, 0.25) is 0 Å². The fourth-order valence-corrected chi connectivity index (χ4v) is 2.52. The zero-order valence-corrected chi connectivity index (χ0v) is 14.1. The largest absolute Gasteiger partial charge is 0.484 e. The van der Waals surface area contributed by atoms with Gasteiger partial charge >= 0.3 is 0 Å². The lowest BCUT2D eigenvalue weighted by atomic mass is 10.1. The molecule has 0 unspecified atom stereocenters. The molecule has 1 heterocycles. The van der Waals surface area contributed by atoms with Crippen molar-refractivity contribution in [3.63, 3.8) is 0 Å². The molecule has 1 aliphatic rings. The fraction of sp³-hybridized carbons (Fsp3) is 0.611. The topological polar surface area (TPSA) is 56.8 Å². The molecule has 0 bridgehead atoms. The number of carbonyl (C=O) groups excluding carboxylic acids is 1. The highest BCUT2D eigenvalue weighted by Crippen LogP contribution is 2.18. The molecule has 0 aromatic heterocycles. The standard InChI is InChI=1S/C18H27NO4/c1-14-4-5-17(15(2)10-14)23-13-18(20)19-7-3-8-21-11-16-6-9-22-12-16/h4-5,10,16H,3,6-9,11-13H2,1-2H3,(H,19,20)/t16-/m0/s1. The van der Waals surface area contributed by atoms with E-state index in [-0.39, 0.29) is 12.5 Å². The van der Waals surface area contributed by atoms with Gasteiger partial charge in [-0.25, -0.2) is 0 Å². The summed E-state index contributed by atoms with van der Waals surface area (Å²) in [6.07, 6.45) is 1.90. The minimum absolute atomic E-state index is 0.0458. The maximum absolute atomic E-state index is 11.7. The van der Waals surface area contributed by atoms with Crippen molar-refractivity contribution in [2.24, 2.45) is 5.92 Å². The van der Waals surface area contributed by atoms with Crippen molar-refractivity contribution in [3.8, 4) is 5.75 Å². The molecule has 5 nitrogen and oxygen atoms in total. The highest BCUT2D eigenvalue weighted by molar-refractivity contribution is 5.77. The predicted molar refractivity (Wildman–Crippen MR) is 88.8 cm³/mol. The molecule has 0 aliphatic carbocycles. The summed E-state index contributed by atoms with van der Waals surface area (Å²) in [5.41, 5.74) is 2.23. The highest BCUT2D eigenvalue weighted by Gasteiger charge is 2.15. The van der Waals surface area contributed by atoms with Crippen LogP contribution < -0.4 is 10.1 Å². The van der Waals surface area contributed by atoms with Crippen molar-refractivity contribution in [2.45, 2.75) is 26.7 Å². The van der Waals surface area contributed by atoms with Gasteiger partial charge in [0.2, 0.25) is 0 Å². The summed E-state index contributed by atoms with van der Waals surface area (Å²) in [6, 6.07) is 5.92. The zero-order chi connectivity index (χ0) is 16.5. The van der Waals surface area contributed by atoms with Gasteiger partial charge in [-0.1, -0.05) is 17.7 Å². The third-order valence-corrected chi connectivity index (χ3v) is 3.85. The number of hydrogen-bond donors (Lipinski definition) is 1. The summed E-state index contributed by atoms with van der Waals surface area (Å²) in [5, 5.41) is 2.84. The molecule has 1 aromatic rings. The number of ether oxygens (including phenoxy) is 3. The van der Waals surface area contributed by atoms with Crippen LogP contribution in [0.1, 0.15) is 24.0 Å². The summed E-state index contributed by atoms with van der Waals surface area (Å²) in [6.45, 7) is 7.74. The van der Waals surface area contributed by atoms with Gasteiger partial charge in [-0.3, -0.25) is 4.79 Å². The second kappa shape index (κ2) is 9.53. The van der Waals surface area contributed by atoms with Gasteiger partial charge in [0.15, 0.2) is 6.61 Å². The molecule has 1 saturated heterocycles. The van der Waals surface area contributed by atoms with Crippen LogP contribution in [0.5, 0.6) is 5.75 Å². The van der Waals surface area contributed by atoms with Crippen LogP contribution >= 0.6 is 0 Å². The summed E-state index contributed by atoms with van der Waals surface area (Å²) in [5.74, 6) is 1.19. The molecule has 2 rings (SSSR count). The van der Waals surface area contributed by atoms with Crippen molar-refractivity contribution in [1.29, 1.82) is 0 Å². The van der Waals surface area contributed by atoms with E-state index in [0.717, 1.165) is 44.0 Å². The number of rotatable bonds is 9. The molecule has 1 N–H and O–H groups in total. The average molecular weight is 321 g/mol. The Balaban J connectivity index is 1.51. The first-order chi connectivity index (χ1) is 11.1. The van der Waals surface area contributed by atoms with Crippen LogP contribution in [-0.4, -0.2) is 45.5 Å². The first kappa shape index (κ1) is 17.8. The summed E-state index contributed by atoms with van der Waals surface area (Å²) >= 11 is 0. The van der Waals surface area contributed by atoms with E-state index in [9.17, 15) is 4.79 Å². The monoisotopic (exact) mass is 321 g/mol. The van der Waals surface area contributed by atoms with Crippen LogP contribution in [0.25, 0.3) is 0 Å². The van der Waals surface area contributed by atoms with E-state index in [4.69, 9.17) is 14.2 Å². The Morgan fingerprint density at radius 2 is 2.26 bits per heavy atom. The lowest BCUT2D eigenvalue weighted by molar-refractivity contribution is -0.123. The second-order valence-corrected chi connectivity index (χ2v) is 6.07. The molecule has 1 fully saturated rings. The third-order valence-electron chi connectivity index (χ3n) is 3.85. The number of amides is 1. The maximum Gasteiger partial charge on any atom is 0.257 e. The second-order valence-electron chi connectivity index (χ2n) is 6.07.